The summed E-state index contributed by atoms with van der Waals surface area (Å²) in [4.78, 5) is 0. The molecule has 0 radical (unpaired) electrons. The average molecular weight is 250 g/mol. The predicted octanol–water partition coefficient (Wildman–Crippen LogP) is 2.69. The molecule has 0 bridgehead atoms. The third-order valence-corrected chi connectivity index (χ3v) is 4.00. The molecule has 1 aliphatic heterocycles. The number of benzene rings is 1. The van der Waals surface area contributed by atoms with E-state index in [1.54, 1.807) is 12.1 Å². The topological polar surface area (TPSA) is 18.5 Å². The molecule has 1 aromatic carbocycles. The molecule has 2 rings (SSSR count). The maximum absolute atomic E-state index is 14.3. The van der Waals surface area contributed by atoms with Crippen LogP contribution in [0.1, 0.15) is 40.2 Å². The average Bonchev–Trinajstić information content (AvgIpc) is 2.48. The van der Waals surface area contributed by atoms with Gasteiger partial charge in [0.25, 0.3) is 0 Å². The van der Waals surface area contributed by atoms with Crippen molar-refractivity contribution in [1.82, 2.24) is 0 Å². The third-order valence-electron chi connectivity index (χ3n) is 4.00. The summed E-state index contributed by atoms with van der Waals surface area (Å²) in [5.74, 6) is -0.210. The summed E-state index contributed by atoms with van der Waals surface area (Å²) in [6, 6.07) is 5.38. The number of aryl methyl sites for hydroxylation is 1. The minimum Gasteiger partial charge on any atom is -0.399 e. The zero-order valence-corrected chi connectivity index (χ0v) is 11.7. The van der Waals surface area contributed by atoms with Gasteiger partial charge >= 0.3 is 7.12 Å². The van der Waals surface area contributed by atoms with Crippen LogP contribution in [0.5, 0.6) is 0 Å². The van der Waals surface area contributed by atoms with Crippen LogP contribution in [-0.4, -0.2) is 18.3 Å². The summed E-state index contributed by atoms with van der Waals surface area (Å²) in [6.45, 7) is 9.80. The fourth-order valence-corrected chi connectivity index (χ4v) is 2.02. The summed E-state index contributed by atoms with van der Waals surface area (Å²) < 4.78 is 26.0. The van der Waals surface area contributed by atoms with Gasteiger partial charge in [0.05, 0.1) is 11.2 Å². The molecule has 0 aromatic heterocycles. The van der Waals surface area contributed by atoms with E-state index in [4.69, 9.17) is 9.31 Å². The number of hydrogen-bond acceptors (Lipinski definition) is 2. The Morgan fingerprint density at radius 3 is 2.17 bits per heavy atom. The summed E-state index contributed by atoms with van der Waals surface area (Å²) in [5, 5.41) is 0. The summed E-state index contributed by atoms with van der Waals surface area (Å²) >= 11 is 0. The molecule has 0 unspecified atom stereocenters. The Kier molecular flexibility index (Phi) is 3.28. The van der Waals surface area contributed by atoms with Crippen LogP contribution in [-0.2, 0) is 15.7 Å². The highest BCUT2D eigenvalue weighted by Gasteiger charge is 2.52. The Hall–Kier alpha value is -0.865. The molecule has 0 atom stereocenters. The van der Waals surface area contributed by atoms with Crippen molar-refractivity contribution in [3.8, 4) is 0 Å². The second kappa shape index (κ2) is 4.35. The second-order valence-electron chi connectivity index (χ2n) is 5.76. The molecule has 1 aromatic rings. The van der Waals surface area contributed by atoms with Crippen molar-refractivity contribution in [2.75, 3.05) is 0 Å². The maximum Gasteiger partial charge on any atom is 0.497 e. The van der Waals surface area contributed by atoms with Gasteiger partial charge in [-0.1, -0.05) is 25.1 Å². The molecular weight excluding hydrogens is 230 g/mol. The number of halogens is 1. The standard InChI is InChI=1S/C14H20BFO2/c1-6-10-8-7-9-11(12(10)16)15-17-13(2,3)14(4,5)18-15/h7-9H,6H2,1-5H3. The van der Waals surface area contributed by atoms with E-state index >= 15 is 0 Å². The van der Waals surface area contributed by atoms with Gasteiger partial charge in [-0.3, -0.25) is 0 Å². The summed E-state index contributed by atoms with van der Waals surface area (Å²) in [6.07, 6.45) is 0.666. The molecule has 1 fully saturated rings. The Bertz CT molecular complexity index is 441. The SMILES string of the molecule is CCc1cccc(B2OC(C)(C)C(C)(C)O2)c1F. The molecule has 1 heterocycles. The zero-order chi connectivity index (χ0) is 13.6. The highest BCUT2D eigenvalue weighted by molar-refractivity contribution is 6.62. The van der Waals surface area contributed by atoms with Gasteiger partial charge in [-0.25, -0.2) is 4.39 Å². The van der Waals surface area contributed by atoms with Gasteiger partial charge in [-0.2, -0.15) is 0 Å². The Morgan fingerprint density at radius 2 is 1.67 bits per heavy atom. The Labute approximate surface area is 109 Å². The second-order valence-corrected chi connectivity index (χ2v) is 5.76. The van der Waals surface area contributed by atoms with Crippen LogP contribution >= 0.6 is 0 Å². The van der Waals surface area contributed by atoms with Crippen LogP contribution in [0.3, 0.4) is 0 Å². The van der Waals surface area contributed by atoms with Crippen molar-refractivity contribution in [3.63, 3.8) is 0 Å². The van der Waals surface area contributed by atoms with E-state index in [2.05, 4.69) is 0 Å². The smallest absolute Gasteiger partial charge is 0.399 e. The molecule has 0 amide bonds. The lowest BCUT2D eigenvalue weighted by Crippen LogP contribution is -2.41. The predicted molar refractivity (Wildman–Crippen MR) is 71.5 cm³/mol. The van der Waals surface area contributed by atoms with Crippen molar-refractivity contribution >= 4 is 12.6 Å². The first-order valence-electron chi connectivity index (χ1n) is 6.41. The molecule has 98 valence electrons. The van der Waals surface area contributed by atoms with Crippen LogP contribution in [0.15, 0.2) is 18.2 Å². The van der Waals surface area contributed by atoms with Crippen LogP contribution in [0.25, 0.3) is 0 Å². The van der Waals surface area contributed by atoms with E-state index < -0.39 is 18.3 Å². The number of rotatable bonds is 2. The maximum atomic E-state index is 14.3. The van der Waals surface area contributed by atoms with Crippen LogP contribution < -0.4 is 5.46 Å². The van der Waals surface area contributed by atoms with Crippen molar-refractivity contribution < 1.29 is 13.7 Å². The molecule has 1 aliphatic rings. The first-order valence-corrected chi connectivity index (χ1v) is 6.41. The van der Waals surface area contributed by atoms with Gasteiger partial charge in [0, 0.05) is 5.46 Å². The van der Waals surface area contributed by atoms with E-state index in [1.165, 1.54) is 0 Å². The molecule has 1 saturated heterocycles. The van der Waals surface area contributed by atoms with Crippen molar-refractivity contribution in [1.29, 1.82) is 0 Å². The van der Waals surface area contributed by atoms with E-state index in [-0.39, 0.29) is 5.82 Å². The first kappa shape index (κ1) is 13.6. The Balaban J connectivity index is 2.35. The Morgan fingerprint density at radius 1 is 1.11 bits per heavy atom. The molecule has 18 heavy (non-hydrogen) atoms. The molecular formula is C14H20BFO2. The van der Waals surface area contributed by atoms with Crippen molar-refractivity contribution in [3.05, 3.63) is 29.6 Å². The minimum atomic E-state index is -0.624. The van der Waals surface area contributed by atoms with Gasteiger partial charge in [-0.15, -0.1) is 0 Å². The van der Waals surface area contributed by atoms with Crippen LogP contribution in [0.4, 0.5) is 4.39 Å². The fraction of sp³-hybridized carbons (Fsp3) is 0.571. The highest BCUT2D eigenvalue weighted by Crippen LogP contribution is 2.36. The van der Waals surface area contributed by atoms with Gasteiger partial charge in [0.15, 0.2) is 0 Å². The largest absolute Gasteiger partial charge is 0.497 e. The molecule has 0 spiro atoms. The van der Waals surface area contributed by atoms with Gasteiger partial charge in [0.1, 0.15) is 5.82 Å². The minimum absolute atomic E-state index is 0.210. The highest BCUT2D eigenvalue weighted by atomic mass is 19.1. The monoisotopic (exact) mass is 250 g/mol. The van der Waals surface area contributed by atoms with Crippen molar-refractivity contribution in [2.24, 2.45) is 0 Å². The molecule has 0 saturated carbocycles. The van der Waals surface area contributed by atoms with E-state index in [0.29, 0.717) is 17.4 Å². The first-order chi connectivity index (χ1) is 8.28. The summed E-state index contributed by atoms with van der Waals surface area (Å²) in [7, 11) is -0.624. The van der Waals surface area contributed by atoms with Crippen LogP contribution in [0, 0.1) is 5.82 Å². The van der Waals surface area contributed by atoms with Gasteiger partial charge < -0.3 is 9.31 Å². The lowest BCUT2D eigenvalue weighted by Gasteiger charge is -2.32. The summed E-state index contributed by atoms with van der Waals surface area (Å²) in [5.41, 5.74) is 0.314. The lowest BCUT2D eigenvalue weighted by molar-refractivity contribution is 0.00578. The molecule has 2 nitrogen and oxygen atoms in total. The quantitative estimate of drug-likeness (QED) is 0.751. The van der Waals surface area contributed by atoms with Gasteiger partial charge in [0.2, 0.25) is 0 Å². The van der Waals surface area contributed by atoms with Gasteiger partial charge in [-0.05, 0) is 39.7 Å². The van der Waals surface area contributed by atoms with Crippen LogP contribution in [0.2, 0.25) is 0 Å². The van der Waals surface area contributed by atoms with Crippen molar-refractivity contribution in [2.45, 2.75) is 52.2 Å². The third kappa shape index (κ3) is 2.08. The van der Waals surface area contributed by atoms with E-state index in [1.807, 2.05) is 40.7 Å². The molecule has 0 aliphatic carbocycles. The number of hydrogen-bond donors (Lipinski definition) is 0. The lowest BCUT2D eigenvalue weighted by atomic mass is 9.77. The van der Waals surface area contributed by atoms with E-state index in [0.717, 1.165) is 0 Å². The zero-order valence-electron chi connectivity index (χ0n) is 11.7. The van der Waals surface area contributed by atoms with E-state index in [9.17, 15) is 4.39 Å². The molecule has 4 heteroatoms. The fourth-order valence-electron chi connectivity index (χ4n) is 2.02. The molecule has 0 N–H and O–H groups in total. The normalized spacial score (nSPS) is 21.3.